The van der Waals surface area contributed by atoms with E-state index < -0.39 is 0 Å². The summed E-state index contributed by atoms with van der Waals surface area (Å²) >= 11 is 0. The molecule has 1 aliphatic rings. The van der Waals surface area contributed by atoms with Gasteiger partial charge in [-0.1, -0.05) is 36.8 Å². The van der Waals surface area contributed by atoms with Gasteiger partial charge in [-0.25, -0.2) is 0 Å². The average molecular weight is 347 g/mol. The van der Waals surface area contributed by atoms with Gasteiger partial charge in [0, 0.05) is 34.9 Å². The summed E-state index contributed by atoms with van der Waals surface area (Å²) in [6.45, 7) is 2.12. The molecule has 1 N–H and O–H groups in total. The van der Waals surface area contributed by atoms with Crippen LogP contribution >= 0.6 is 0 Å². The lowest BCUT2D eigenvalue weighted by Crippen LogP contribution is -2.26. The molecular formula is C23H25NO2. The van der Waals surface area contributed by atoms with Gasteiger partial charge in [0.25, 0.3) is 0 Å². The van der Waals surface area contributed by atoms with E-state index in [2.05, 4.69) is 48.3 Å². The molecule has 1 heterocycles. The highest BCUT2D eigenvalue weighted by Crippen LogP contribution is 2.43. The van der Waals surface area contributed by atoms with Gasteiger partial charge in [-0.2, -0.15) is 0 Å². The first-order valence-corrected chi connectivity index (χ1v) is 9.43. The van der Waals surface area contributed by atoms with Crippen molar-refractivity contribution in [1.29, 1.82) is 0 Å². The number of carbonyl (C=O) groups excluding carboxylic acids is 1. The molecule has 0 spiro atoms. The van der Waals surface area contributed by atoms with Crippen LogP contribution in [0.25, 0.3) is 10.9 Å². The van der Waals surface area contributed by atoms with Gasteiger partial charge in [-0.15, -0.1) is 0 Å². The number of ketones is 1. The summed E-state index contributed by atoms with van der Waals surface area (Å²) in [7, 11) is 1.68. The van der Waals surface area contributed by atoms with Gasteiger partial charge >= 0.3 is 0 Å². The fourth-order valence-corrected chi connectivity index (χ4v) is 4.47. The summed E-state index contributed by atoms with van der Waals surface area (Å²) in [6.07, 6.45) is 3.83. The molecule has 0 aliphatic heterocycles. The largest absolute Gasteiger partial charge is 0.497 e. The lowest BCUT2D eigenvalue weighted by atomic mass is 9.72. The standard InChI is InChI=1S/C23H25NO2/c1-15-22(18-7-3-5-9-20(18)24-15)23(19-8-4-6-10-21(19)25)16-11-13-17(26-2)14-12-16/h3,5,7,9,11-14,19,23-24H,4,6,8,10H2,1-2H3. The van der Waals surface area contributed by atoms with Crippen molar-refractivity contribution >= 4 is 16.7 Å². The molecule has 2 aromatic carbocycles. The molecule has 0 bridgehead atoms. The minimum absolute atomic E-state index is 0.0510. The first kappa shape index (κ1) is 16.9. The number of methoxy groups -OCH3 is 1. The third-order valence-electron chi connectivity index (χ3n) is 5.73. The van der Waals surface area contributed by atoms with Crippen LogP contribution in [0.1, 0.15) is 48.4 Å². The molecule has 0 radical (unpaired) electrons. The lowest BCUT2D eigenvalue weighted by Gasteiger charge is -2.30. The molecule has 3 nitrogen and oxygen atoms in total. The van der Waals surface area contributed by atoms with Crippen molar-refractivity contribution in [3.63, 3.8) is 0 Å². The van der Waals surface area contributed by atoms with Gasteiger partial charge in [0.2, 0.25) is 0 Å². The monoisotopic (exact) mass is 347 g/mol. The van der Waals surface area contributed by atoms with Crippen LogP contribution in [-0.2, 0) is 4.79 Å². The minimum atomic E-state index is 0.0510. The molecule has 3 heteroatoms. The normalized spacial score (nSPS) is 18.8. The number of aryl methyl sites for hydroxylation is 1. The van der Waals surface area contributed by atoms with Crippen molar-refractivity contribution in [3.05, 3.63) is 65.4 Å². The molecule has 3 aromatic rings. The van der Waals surface area contributed by atoms with Crippen LogP contribution in [0.2, 0.25) is 0 Å². The van der Waals surface area contributed by atoms with Crippen molar-refractivity contribution in [2.75, 3.05) is 7.11 Å². The fraction of sp³-hybridized carbons (Fsp3) is 0.348. The lowest BCUT2D eigenvalue weighted by molar-refractivity contribution is -0.125. The topological polar surface area (TPSA) is 42.1 Å². The number of hydrogen-bond acceptors (Lipinski definition) is 2. The SMILES string of the molecule is COc1ccc(C(c2c(C)[nH]c3ccccc23)C2CCCCC2=O)cc1. The molecule has 2 atom stereocenters. The van der Waals surface area contributed by atoms with Crippen LogP contribution in [0.4, 0.5) is 0 Å². The predicted molar refractivity (Wildman–Crippen MR) is 105 cm³/mol. The van der Waals surface area contributed by atoms with Crippen LogP contribution in [0.15, 0.2) is 48.5 Å². The summed E-state index contributed by atoms with van der Waals surface area (Å²) < 4.78 is 5.33. The third-order valence-corrected chi connectivity index (χ3v) is 5.73. The van der Waals surface area contributed by atoms with E-state index in [1.54, 1.807) is 7.11 Å². The molecule has 134 valence electrons. The van der Waals surface area contributed by atoms with Crippen molar-refractivity contribution < 1.29 is 9.53 Å². The number of carbonyl (C=O) groups is 1. The molecule has 1 saturated carbocycles. The number of H-pyrrole nitrogens is 1. The zero-order valence-electron chi connectivity index (χ0n) is 15.4. The maximum absolute atomic E-state index is 12.8. The maximum atomic E-state index is 12.8. The summed E-state index contributed by atoms with van der Waals surface area (Å²) in [4.78, 5) is 16.4. The zero-order valence-corrected chi connectivity index (χ0v) is 15.4. The third kappa shape index (κ3) is 2.92. The first-order chi connectivity index (χ1) is 12.7. The highest BCUT2D eigenvalue weighted by Gasteiger charge is 2.34. The van der Waals surface area contributed by atoms with Crippen LogP contribution in [-0.4, -0.2) is 17.9 Å². The number of para-hydroxylation sites is 1. The van der Waals surface area contributed by atoms with Crippen molar-refractivity contribution in [2.24, 2.45) is 5.92 Å². The van der Waals surface area contributed by atoms with E-state index in [-0.39, 0.29) is 11.8 Å². The number of nitrogens with one attached hydrogen (secondary N) is 1. The number of fused-ring (bicyclic) bond motifs is 1. The van der Waals surface area contributed by atoms with Gasteiger partial charge < -0.3 is 9.72 Å². The number of hydrogen-bond donors (Lipinski definition) is 1. The van der Waals surface area contributed by atoms with Gasteiger partial charge in [0.15, 0.2) is 0 Å². The Kier molecular flexibility index (Phi) is 4.54. The molecule has 0 amide bonds. The van der Waals surface area contributed by atoms with Crippen molar-refractivity contribution in [3.8, 4) is 5.75 Å². The Balaban J connectivity index is 1.89. The van der Waals surface area contributed by atoms with E-state index in [0.717, 1.165) is 36.2 Å². The second-order valence-electron chi connectivity index (χ2n) is 7.28. The van der Waals surface area contributed by atoms with Crippen molar-refractivity contribution in [1.82, 2.24) is 4.98 Å². The van der Waals surface area contributed by atoms with E-state index in [1.165, 1.54) is 16.5 Å². The van der Waals surface area contributed by atoms with Crippen LogP contribution in [0.5, 0.6) is 5.75 Å². The molecule has 4 rings (SSSR count). The predicted octanol–water partition coefficient (Wildman–Crippen LogP) is 5.38. The van der Waals surface area contributed by atoms with Gasteiger partial charge in [0.1, 0.15) is 11.5 Å². The number of aromatic amines is 1. The number of ether oxygens (including phenoxy) is 1. The number of rotatable bonds is 4. The second-order valence-corrected chi connectivity index (χ2v) is 7.28. The van der Waals surface area contributed by atoms with Crippen LogP contribution in [0, 0.1) is 12.8 Å². The summed E-state index contributed by atoms with van der Waals surface area (Å²) in [5, 5.41) is 1.23. The first-order valence-electron chi connectivity index (χ1n) is 9.43. The minimum Gasteiger partial charge on any atom is -0.497 e. The summed E-state index contributed by atoms with van der Waals surface area (Å²) in [6, 6.07) is 16.6. The van der Waals surface area contributed by atoms with E-state index in [0.29, 0.717) is 12.2 Å². The molecular weight excluding hydrogens is 322 g/mol. The molecule has 1 aliphatic carbocycles. The van der Waals surface area contributed by atoms with Crippen LogP contribution in [0.3, 0.4) is 0 Å². The molecule has 1 fully saturated rings. The molecule has 26 heavy (non-hydrogen) atoms. The van der Waals surface area contributed by atoms with Gasteiger partial charge in [-0.3, -0.25) is 4.79 Å². The summed E-state index contributed by atoms with van der Waals surface area (Å²) in [5.41, 5.74) is 4.76. The smallest absolute Gasteiger partial charge is 0.136 e. The number of benzene rings is 2. The Hall–Kier alpha value is -2.55. The summed E-state index contributed by atoms with van der Waals surface area (Å²) in [5.74, 6) is 1.39. The quantitative estimate of drug-likeness (QED) is 0.689. The average Bonchev–Trinajstić information content (AvgIpc) is 3.00. The number of aromatic nitrogens is 1. The molecule has 2 unspecified atom stereocenters. The second kappa shape index (κ2) is 6.99. The Morgan fingerprint density at radius 3 is 2.58 bits per heavy atom. The van der Waals surface area contributed by atoms with E-state index in [1.807, 2.05) is 12.1 Å². The van der Waals surface area contributed by atoms with Gasteiger partial charge in [0.05, 0.1) is 7.11 Å². The van der Waals surface area contributed by atoms with Crippen LogP contribution < -0.4 is 4.74 Å². The Morgan fingerprint density at radius 1 is 1.08 bits per heavy atom. The van der Waals surface area contributed by atoms with E-state index in [4.69, 9.17) is 4.74 Å². The van der Waals surface area contributed by atoms with Crippen molar-refractivity contribution in [2.45, 2.75) is 38.5 Å². The zero-order chi connectivity index (χ0) is 18.1. The van der Waals surface area contributed by atoms with Gasteiger partial charge in [-0.05, 0) is 49.1 Å². The number of Topliss-reactive ketones (excluding diaryl/α,β-unsaturated/α-hetero) is 1. The molecule has 1 aromatic heterocycles. The highest BCUT2D eigenvalue weighted by molar-refractivity contribution is 5.89. The molecule has 0 saturated heterocycles. The Bertz CT molecular complexity index is 923. The fourth-order valence-electron chi connectivity index (χ4n) is 4.47. The Morgan fingerprint density at radius 2 is 1.85 bits per heavy atom. The Labute approximate surface area is 154 Å². The highest BCUT2D eigenvalue weighted by atomic mass is 16.5. The maximum Gasteiger partial charge on any atom is 0.136 e. The van der Waals surface area contributed by atoms with E-state index >= 15 is 0 Å². The van der Waals surface area contributed by atoms with E-state index in [9.17, 15) is 4.79 Å².